The van der Waals surface area contributed by atoms with Crippen molar-refractivity contribution in [3.63, 3.8) is 0 Å². The summed E-state index contributed by atoms with van der Waals surface area (Å²) in [4.78, 5) is 41.6. The van der Waals surface area contributed by atoms with Gasteiger partial charge in [-0.2, -0.15) is 0 Å². The summed E-state index contributed by atoms with van der Waals surface area (Å²) in [5.74, 6) is -2.33. The number of hydrogen-bond donors (Lipinski definition) is 1. The maximum atomic E-state index is 14.9. The number of halogens is 1. The molecule has 2 fully saturated rings. The summed E-state index contributed by atoms with van der Waals surface area (Å²) in [5.41, 5.74) is -0.0579. The van der Waals surface area contributed by atoms with Crippen LogP contribution in [0.15, 0.2) is 78.2 Å². The van der Waals surface area contributed by atoms with E-state index in [1.165, 1.54) is 39.8 Å². The van der Waals surface area contributed by atoms with Crippen molar-refractivity contribution in [1.29, 1.82) is 0 Å². The molecule has 36 heavy (non-hydrogen) atoms. The molecule has 2 saturated heterocycles. The largest absolute Gasteiger partial charge is 0.481 e. The number of rotatable bonds is 7. The first-order valence-electron chi connectivity index (χ1n) is 11.6. The zero-order valence-electron chi connectivity index (χ0n) is 19.5. The highest BCUT2D eigenvalue weighted by Gasteiger charge is 2.64. The summed E-state index contributed by atoms with van der Waals surface area (Å²) >= 11 is 2.65. The number of carboxylic acids is 1. The van der Waals surface area contributed by atoms with Gasteiger partial charge in [-0.1, -0.05) is 60.7 Å². The van der Waals surface area contributed by atoms with Gasteiger partial charge in [-0.3, -0.25) is 19.3 Å². The SMILES string of the molecule is CC(=O)N(c1cccs1)C1C(=O)N2CC(CF)(C(=O)O)C(C(c3ccccc3)c3ccccc3)S[C@H]12. The fourth-order valence-electron chi connectivity index (χ4n) is 5.25. The average molecular weight is 525 g/mol. The minimum atomic E-state index is -1.80. The van der Waals surface area contributed by atoms with Crippen LogP contribution in [0.1, 0.15) is 24.0 Å². The lowest BCUT2D eigenvalue weighted by atomic mass is 9.73. The number of hydrogen-bond acceptors (Lipinski definition) is 5. The van der Waals surface area contributed by atoms with Crippen LogP contribution < -0.4 is 4.90 Å². The molecule has 2 aliphatic rings. The van der Waals surface area contributed by atoms with Crippen molar-refractivity contribution in [1.82, 2.24) is 4.90 Å². The maximum absolute atomic E-state index is 14.9. The topological polar surface area (TPSA) is 77.9 Å². The minimum Gasteiger partial charge on any atom is -0.481 e. The van der Waals surface area contributed by atoms with Crippen LogP contribution in [0.3, 0.4) is 0 Å². The van der Waals surface area contributed by atoms with E-state index in [-0.39, 0.29) is 18.4 Å². The van der Waals surface area contributed by atoms with E-state index in [9.17, 15) is 23.9 Å². The molecule has 5 rings (SSSR count). The van der Waals surface area contributed by atoms with Crippen LogP contribution in [0.5, 0.6) is 0 Å². The highest BCUT2D eigenvalue weighted by atomic mass is 32.2. The van der Waals surface area contributed by atoms with Crippen LogP contribution in [0.2, 0.25) is 0 Å². The molecular formula is C27H25FN2O4S2. The quantitative estimate of drug-likeness (QED) is 0.456. The highest BCUT2D eigenvalue weighted by Crippen LogP contribution is 2.55. The molecule has 2 aromatic carbocycles. The van der Waals surface area contributed by atoms with Gasteiger partial charge in [0.15, 0.2) is 0 Å². The van der Waals surface area contributed by atoms with Crippen molar-refractivity contribution >= 4 is 45.9 Å². The van der Waals surface area contributed by atoms with Gasteiger partial charge >= 0.3 is 5.97 Å². The van der Waals surface area contributed by atoms with Crippen LogP contribution in [-0.2, 0) is 14.4 Å². The molecule has 186 valence electrons. The number of carbonyl (C=O) groups excluding carboxylic acids is 2. The standard InChI is InChI=1S/C27H25FN2O4S2/c1-17(31)30(20-13-8-14-35-20)22-24(32)29-16-27(15-28,26(33)34)23(36-25(22)29)21(18-9-4-2-5-10-18)19-11-6-3-7-12-19/h2-14,21-23,25H,15-16H2,1H3,(H,33,34)/t22?,23?,25-,27?/m1/s1. The fourth-order valence-corrected chi connectivity index (χ4v) is 8.05. The molecule has 1 N–H and O–H groups in total. The lowest BCUT2D eigenvalue weighted by molar-refractivity contribution is -0.160. The average Bonchev–Trinajstić information content (AvgIpc) is 3.42. The Balaban J connectivity index is 1.61. The van der Waals surface area contributed by atoms with Crippen molar-refractivity contribution in [3.05, 3.63) is 89.3 Å². The Morgan fingerprint density at radius 2 is 1.69 bits per heavy atom. The first-order valence-corrected chi connectivity index (χ1v) is 13.4. The van der Waals surface area contributed by atoms with E-state index in [4.69, 9.17) is 0 Å². The van der Waals surface area contributed by atoms with Crippen LogP contribution >= 0.6 is 23.1 Å². The number of thioether (sulfide) groups is 1. The molecule has 3 unspecified atom stereocenters. The molecule has 0 bridgehead atoms. The third-order valence-corrected chi connectivity index (χ3v) is 9.72. The van der Waals surface area contributed by atoms with Gasteiger partial charge in [-0.05, 0) is 28.6 Å². The van der Waals surface area contributed by atoms with Gasteiger partial charge < -0.3 is 10.0 Å². The predicted molar refractivity (Wildman–Crippen MR) is 139 cm³/mol. The number of amides is 2. The number of benzene rings is 2. The predicted octanol–water partition coefficient (Wildman–Crippen LogP) is 4.63. The first-order chi connectivity index (χ1) is 17.4. The van der Waals surface area contributed by atoms with Crippen LogP contribution in [0.25, 0.3) is 0 Å². The lowest BCUT2D eigenvalue weighted by Gasteiger charge is -2.59. The Bertz CT molecular complexity index is 1220. The Morgan fingerprint density at radius 1 is 1.08 bits per heavy atom. The summed E-state index contributed by atoms with van der Waals surface area (Å²) in [6.45, 7) is 0.0576. The third-order valence-electron chi connectivity index (χ3n) is 7.04. The number of alkyl halides is 1. The number of anilines is 1. The summed E-state index contributed by atoms with van der Waals surface area (Å²) < 4.78 is 14.9. The van der Waals surface area contributed by atoms with Gasteiger partial charge in [-0.15, -0.1) is 23.1 Å². The Kier molecular flexibility index (Phi) is 6.61. The van der Waals surface area contributed by atoms with Gasteiger partial charge in [0.05, 0.1) is 5.00 Å². The molecule has 0 saturated carbocycles. The number of carboxylic acid groups (broad SMARTS) is 1. The fraction of sp³-hybridized carbons (Fsp3) is 0.296. The van der Waals surface area contributed by atoms with Crippen LogP contribution in [-0.4, -0.2) is 57.7 Å². The number of β-lactam (4-membered cyclic amide) rings is 1. The van der Waals surface area contributed by atoms with Crippen LogP contribution in [0, 0.1) is 5.41 Å². The molecule has 4 atom stereocenters. The van der Waals surface area contributed by atoms with E-state index in [0.717, 1.165) is 11.1 Å². The van der Waals surface area contributed by atoms with Gasteiger partial charge in [0, 0.05) is 24.6 Å². The molecule has 1 aromatic heterocycles. The second-order valence-electron chi connectivity index (χ2n) is 9.09. The van der Waals surface area contributed by atoms with Gasteiger partial charge in [0.25, 0.3) is 0 Å². The molecule has 9 heteroatoms. The second-order valence-corrected chi connectivity index (χ2v) is 11.3. The van der Waals surface area contributed by atoms with Gasteiger partial charge in [0.2, 0.25) is 11.8 Å². The summed E-state index contributed by atoms with van der Waals surface area (Å²) in [6.07, 6.45) is 0. The number of fused-ring (bicyclic) bond motifs is 1. The number of nitrogens with zero attached hydrogens (tertiary/aromatic N) is 2. The zero-order chi connectivity index (χ0) is 25.4. The molecule has 0 radical (unpaired) electrons. The van der Waals surface area contributed by atoms with E-state index in [0.29, 0.717) is 5.00 Å². The molecule has 3 heterocycles. The smallest absolute Gasteiger partial charge is 0.315 e. The molecule has 6 nitrogen and oxygen atoms in total. The molecule has 0 spiro atoms. The van der Waals surface area contributed by atoms with Gasteiger partial charge in [0.1, 0.15) is 23.5 Å². The number of thiophene rings is 1. The monoisotopic (exact) mass is 524 g/mol. The van der Waals surface area contributed by atoms with E-state index in [2.05, 4.69) is 0 Å². The summed E-state index contributed by atoms with van der Waals surface area (Å²) in [5, 5.41) is 11.7. The Labute approximate surface area is 216 Å². The maximum Gasteiger partial charge on any atom is 0.315 e. The summed E-state index contributed by atoms with van der Waals surface area (Å²) in [6, 6.07) is 21.8. The Hall–Kier alpha value is -3.17. The van der Waals surface area contributed by atoms with Crippen molar-refractivity contribution in [3.8, 4) is 0 Å². The third kappa shape index (κ3) is 3.90. The molecule has 3 aromatic rings. The number of carbonyl (C=O) groups is 3. The lowest BCUT2D eigenvalue weighted by Crippen LogP contribution is -2.76. The second kappa shape index (κ2) is 9.71. The molecule has 2 aliphatic heterocycles. The van der Waals surface area contributed by atoms with E-state index < -0.39 is 40.6 Å². The van der Waals surface area contributed by atoms with Crippen LogP contribution in [0.4, 0.5) is 9.39 Å². The first kappa shape index (κ1) is 24.5. The van der Waals surface area contributed by atoms with Crippen molar-refractivity contribution in [2.24, 2.45) is 5.41 Å². The molecule has 2 amide bonds. The van der Waals surface area contributed by atoms with E-state index >= 15 is 0 Å². The zero-order valence-corrected chi connectivity index (χ0v) is 21.1. The summed E-state index contributed by atoms with van der Waals surface area (Å²) in [7, 11) is 0. The van der Waals surface area contributed by atoms with Crippen molar-refractivity contribution in [2.45, 2.75) is 29.5 Å². The molecular weight excluding hydrogens is 499 g/mol. The highest BCUT2D eigenvalue weighted by molar-refractivity contribution is 8.00. The van der Waals surface area contributed by atoms with E-state index in [1.54, 1.807) is 6.07 Å². The molecule has 0 aliphatic carbocycles. The van der Waals surface area contributed by atoms with Crippen molar-refractivity contribution < 1.29 is 23.9 Å². The normalized spacial score (nSPS) is 25.2. The van der Waals surface area contributed by atoms with Crippen molar-refractivity contribution in [2.75, 3.05) is 18.1 Å². The van der Waals surface area contributed by atoms with Gasteiger partial charge in [-0.25, -0.2) is 4.39 Å². The minimum absolute atomic E-state index is 0.247. The van der Waals surface area contributed by atoms with E-state index in [1.807, 2.05) is 72.1 Å². The Morgan fingerprint density at radius 3 is 2.17 bits per heavy atom. The number of aliphatic carboxylic acids is 1.